The van der Waals surface area contributed by atoms with Gasteiger partial charge in [0.05, 0.1) is 31.5 Å². The highest BCUT2D eigenvalue weighted by Crippen LogP contribution is 2.40. The van der Waals surface area contributed by atoms with E-state index in [0.717, 1.165) is 44.6 Å². The second-order valence-corrected chi connectivity index (χ2v) is 8.98. The lowest BCUT2D eigenvalue weighted by Gasteiger charge is -2.33. The predicted molar refractivity (Wildman–Crippen MR) is 132 cm³/mol. The number of hydrogen-bond donors (Lipinski definition) is 0. The standard InChI is InChI=1S/C28H38N2O2/c1-4-8-22-10-7-11-27(21-12-13-21)28(22)29-19-23(6-3)30-16-14-25(18-24(30)9-5-2)32-26-15-17-31-20-26/h7-11,14,16,18,21,23,26H,4-6,12-13,15,17,19-20H2,1-3H3/b22-8-,24-9-,29-28?. The number of rotatable bonds is 9. The molecule has 2 fully saturated rings. The molecule has 2 aliphatic heterocycles. The van der Waals surface area contributed by atoms with Crippen LogP contribution in [0.4, 0.5) is 0 Å². The Bertz CT molecular complexity index is 877. The summed E-state index contributed by atoms with van der Waals surface area (Å²) in [5.41, 5.74) is 5.16. The Morgan fingerprint density at radius 2 is 2.00 bits per heavy atom. The summed E-state index contributed by atoms with van der Waals surface area (Å²) in [6.45, 7) is 8.92. The van der Waals surface area contributed by atoms with E-state index in [-0.39, 0.29) is 6.10 Å². The van der Waals surface area contributed by atoms with Gasteiger partial charge in [-0.3, -0.25) is 4.99 Å². The molecule has 2 heterocycles. The van der Waals surface area contributed by atoms with Gasteiger partial charge in [0, 0.05) is 24.4 Å². The fraction of sp³-hybridized carbons (Fsp3) is 0.536. The summed E-state index contributed by atoms with van der Waals surface area (Å²) in [6.07, 6.45) is 24.6. The molecule has 1 saturated heterocycles. The minimum absolute atomic E-state index is 0.171. The summed E-state index contributed by atoms with van der Waals surface area (Å²) >= 11 is 0. The third-order valence-electron chi connectivity index (χ3n) is 6.46. The Labute approximate surface area is 193 Å². The molecule has 0 radical (unpaired) electrons. The zero-order valence-corrected chi connectivity index (χ0v) is 19.9. The number of ether oxygens (including phenoxy) is 2. The van der Waals surface area contributed by atoms with Crippen molar-refractivity contribution in [2.24, 2.45) is 10.9 Å². The fourth-order valence-corrected chi connectivity index (χ4v) is 4.57. The molecule has 4 aliphatic rings. The normalized spacial score (nSPS) is 27.9. The maximum Gasteiger partial charge on any atom is 0.124 e. The van der Waals surface area contributed by atoms with E-state index >= 15 is 0 Å². The molecule has 0 spiro atoms. The monoisotopic (exact) mass is 434 g/mol. The highest BCUT2D eigenvalue weighted by atomic mass is 16.5. The molecule has 2 atom stereocenters. The summed E-state index contributed by atoms with van der Waals surface area (Å²) in [7, 11) is 0. The highest BCUT2D eigenvalue weighted by Gasteiger charge is 2.31. The van der Waals surface area contributed by atoms with Gasteiger partial charge in [-0.1, -0.05) is 51.2 Å². The molecule has 0 aromatic carbocycles. The molecule has 4 rings (SSSR count). The van der Waals surface area contributed by atoms with Gasteiger partial charge in [0.15, 0.2) is 0 Å². The molecular weight excluding hydrogens is 396 g/mol. The maximum atomic E-state index is 6.17. The third-order valence-corrected chi connectivity index (χ3v) is 6.46. The van der Waals surface area contributed by atoms with Crippen LogP contribution in [0.2, 0.25) is 0 Å². The smallest absolute Gasteiger partial charge is 0.124 e. The minimum Gasteiger partial charge on any atom is -0.488 e. The molecule has 4 nitrogen and oxygen atoms in total. The first kappa shape index (κ1) is 22.8. The molecular formula is C28H38N2O2. The molecule has 2 aliphatic carbocycles. The molecule has 1 saturated carbocycles. The Balaban J connectivity index is 1.51. The van der Waals surface area contributed by atoms with E-state index in [9.17, 15) is 0 Å². The lowest BCUT2D eigenvalue weighted by atomic mass is 9.93. The van der Waals surface area contributed by atoms with Crippen molar-refractivity contribution in [1.82, 2.24) is 4.90 Å². The van der Waals surface area contributed by atoms with Crippen molar-refractivity contribution in [2.45, 2.75) is 71.4 Å². The first-order valence-corrected chi connectivity index (χ1v) is 12.5. The average Bonchev–Trinajstić information content (AvgIpc) is 3.52. The topological polar surface area (TPSA) is 34.1 Å². The van der Waals surface area contributed by atoms with Crippen LogP contribution in [-0.2, 0) is 9.47 Å². The second kappa shape index (κ2) is 11.0. The first-order valence-electron chi connectivity index (χ1n) is 12.5. The third kappa shape index (κ3) is 5.53. The van der Waals surface area contributed by atoms with E-state index in [2.05, 4.69) is 74.4 Å². The van der Waals surface area contributed by atoms with Gasteiger partial charge in [0.25, 0.3) is 0 Å². The zero-order chi connectivity index (χ0) is 22.3. The van der Waals surface area contributed by atoms with Gasteiger partial charge in [0.1, 0.15) is 11.9 Å². The predicted octanol–water partition coefficient (Wildman–Crippen LogP) is 6.26. The molecule has 2 unspecified atom stereocenters. The number of allylic oxidation sites excluding steroid dienone is 9. The largest absolute Gasteiger partial charge is 0.488 e. The lowest BCUT2D eigenvalue weighted by molar-refractivity contribution is 0.0965. The van der Waals surface area contributed by atoms with Gasteiger partial charge in [-0.15, -0.1) is 0 Å². The molecule has 0 bridgehead atoms. The maximum absolute atomic E-state index is 6.17. The van der Waals surface area contributed by atoms with Crippen molar-refractivity contribution in [3.05, 3.63) is 71.3 Å². The van der Waals surface area contributed by atoms with Crippen LogP contribution in [0.5, 0.6) is 0 Å². The fourth-order valence-electron chi connectivity index (χ4n) is 4.57. The van der Waals surface area contributed by atoms with E-state index in [0.29, 0.717) is 18.6 Å². The summed E-state index contributed by atoms with van der Waals surface area (Å²) in [4.78, 5) is 7.61. The Hall–Kier alpha value is -2.33. The number of hydrogen-bond acceptors (Lipinski definition) is 4. The molecule has 0 amide bonds. The second-order valence-electron chi connectivity index (χ2n) is 8.98. The highest BCUT2D eigenvalue weighted by molar-refractivity contribution is 6.15. The van der Waals surface area contributed by atoms with Crippen molar-refractivity contribution in [1.29, 1.82) is 0 Å². The SMILES string of the molecule is CC/C=C1/C=CC=C(C2CC2)C1=NCC(CC)N1C=CC(OC2CCOC2)=C/C1=C/CC. The van der Waals surface area contributed by atoms with E-state index in [1.165, 1.54) is 35.4 Å². The van der Waals surface area contributed by atoms with Gasteiger partial charge in [-0.25, -0.2) is 0 Å². The van der Waals surface area contributed by atoms with Crippen LogP contribution >= 0.6 is 0 Å². The number of aliphatic imine (C=N–C) groups is 1. The average molecular weight is 435 g/mol. The van der Waals surface area contributed by atoms with Gasteiger partial charge in [-0.05, 0) is 55.2 Å². The summed E-state index contributed by atoms with van der Waals surface area (Å²) in [5.74, 6) is 1.63. The molecule has 0 aromatic rings. The Morgan fingerprint density at radius 3 is 2.69 bits per heavy atom. The molecule has 172 valence electrons. The van der Waals surface area contributed by atoms with Crippen LogP contribution in [0.15, 0.2) is 76.3 Å². The van der Waals surface area contributed by atoms with E-state index in [1.807, 2.05) is 0 Å². The van der Waals surface area contributed by atoms with Gasteiger partial charge >= 0.3 is 0 Å². The van der Waals surface area contributed by atoms with E-state index in [1.54, 1.807) is 0 Å². The molecule has 4 heteroatoms. The van der Waals surface area contributed by atoms with Gasteiger partial charge < -0.3 is 14.4 Å². The van der Waals surface area contributed by atoms with Crippen LogP contribution in [0, 0.1) is 5.92 Å². The van der Waals surface area contributed by atoms with Crippen LogP contribution in [0.3, 0.4) is 0 Å². The van der Waals surface area contributed by atoms with Crippen molar-refractivity contribution in [3.8, 4) is 0 Å². The van der Waals surface area contributed by atoms with Crippen molar-refractivity contribution in [2.75, 3.05) is 19.8 Å². The Kier molecular flexibility index (Phi) is 7.85. The summed E-state index contributed by atoms with van der Waals surface area (Å²) in [5, 5.41) is 0. The van der Waals surface area contributed by atoms with Crippen LogP contribution in [0.25, 0.3) is 0 Å². The molecule has 0 aromatic heterocycles. The van der Waals surface area contributed by atoms with Crippen molar-refractivity contribution >= 4 is 5.71 Å². The number of nitrogens with zero attached hydrogens (tertiary/aromatic N) is 2. The van der Waals surface area contributed by atoms with Crippen molar-refractivity contribution < 1.29 is 9.47 Å². The van der Waals surface area contributed by atoms with Crippen LogP contribution in [0.1, 0.15) is 59.3 Å². The van der Waals surface area contributed by atoms with Crippen molar-refractivity contribution in [3.63, 3.8) is 0 Å². The van der Waals surface area contributed by atoms with Gasteiger partial charge in [0.2, 0.25) is 0 Å². The van der Waals surface area contributed by atoms with E-state index in [4.69, 9.17) is 14.5 Å². The zero-order valence-electron chi connectivity index (χ0n) is 19.9. The van der Waals surface area contributed by atoms with Gasteiger partial charge in [-0.2, -0.15) is 0 Å². The summed E-state index contributed by atoms with van der Waals surface area (Å²) in [6, 6.07) is 0.318. The van der Waals surface area contributed by atoms with Crippen LogP contribution in [-0.4, -0.2) is 42.5 Å². The first-order chi connectivity index (χ1) is 15.7. The lowest BCUT2D eigenvalue weighted by Crippen LogP contribution is -2.34. The quantitative estimate of drug-likeness (QED) is 0.429. The van der Waals surface area contributed by atoms with E-state index < -0.39 is 0 Å². The summed E-state index contributed by atoms with van der Waals surface area (Å²) < 4.78 is 11.6. The molecule has 32 heavy (non-hydrogen) atoms. The minimum atomic E-state index is 0.171. The van der Waals surface area contributed by atoms with Crippen LogP contribution < -0.4 is 0 Å². The molecule has 0 N–H and O–H groups in total. The Morgan fingerprint density at radius 1 is 1.16 bits per heavy atom.